The second-order valence-corrected chi connectivity index (χ2v) is 12.6. The molecule has 0 radical (unpaired) electrons. The van der Waals surface area contributed by atoms with E-state index in [1.165, 1.54) is 51.4 Å². The van der Waals surface area contributed by atoms with Crippen LogP contribution in [0.1, 0.15) is 76.0 Å². The Morgan fingerprint density at radius 3 is 2.27 bits per heavy atom. The quantitative estimate of drug-likeness (QED) is 0.265. The summed E-state index contributed by atoms with van der Waals surface area (Å²) < 4.78 is 0. The van der Waals surface area contributed by atoms with Crippen molar-refractivity contribution in [2.24, 2.45) is 0 Å². The Kier molecular flexibility index (Phi) is 11.5. The number of unbranched alkanes of at least 4 members (excludes halogenated alkanes) is 8. The number of aromatic nitrogens is 1. The maximum absolute atomic E-state index is 4.43. The van der Waals surface area contributed by atoms with E-state index < -0.39 is 8.07 Å². The second kappa shape index (κ2) is 13.4. The SMILES string of the molecule is CCCCCCCCCCC#CC=Cc1ccc(C#C[Si](C)(C)C)cn1. The molecule has 0 spiro atoms. The van der Waals surface area contributed by atoms with Crippen molar-refractivity contribution in [2.75, 3.05) is 0 Å². The Hall–Kier alpha value is -1.77. The molecule has 0 saturated carbocycles. The van der Waals surface area contributed by atoms with Crippen molar-refractivity contribution in [1.82, 2.24) is 4.98 Å². The summed E-state index contributed by atoms with van der Waals surface area (Å²) in [6.45, 7) is 9.01. The molecule has 26 heavy (non-hydrogen) atoms. The molecular formula is C24H35NSi. The van der Waals surface area contributed by atoms with E-state index in [2.05, 4.69) is 54.9 Å². The first-order valence-electron chi connectivity index (χ1n) is 10.2. The highest BCUT2D eigenvalue weighted by molar-refractivity contribution is 6.83. The van der Waals surface area contributed by atoms with Gasteiger partial charge in [0.2, 0.25) is 0 Å². The lowest BCUT2D eigenvalue weighted by molar-refractivity contribution is 0.579. The van der Waals surface area contributed by atoms with Gasteiger partial charge >= 0.3 is 0 Å². The van der Waals surface area contributed by atoms with Crippen molar-refractivity contribution in [3.8, 4) is 23.3 Å². The van der Waals surface area contributed by atoms with Gasteiger partial charge in [-0.05, 0) is 30.7 Å². The molecule has 1 aromatic heterocycles. The summed E-state index contributed by atoms with van der Waals surface area (Å²) in [6.07, 6.45) is 17.5. The van der Waals surface area contributed by atoms with Crippen LogP contribution in [0.15, 0.2) is 24.4 Å². The lowest BCUT2D eigenvalue weighted by Gasteiger charge is -2.03. The predicted molar refractivity (Wildman–Crippen MR) is 118 cm³/mol. The van der Waals surface area contributed by atoms with Gasteiger partial charge in [0.15, 0.2) is 0 Å². The minimum atomic E-state index is -1.33. The molecule has 1 aromatic rings. The largest absolute Gasteiger partial charge is 0.256 e. The van der Waals surface area contributed by atoms with Crippen molar-refractivity contribution >= 4 is 14.1 Å². The Balaban J connectivity index is 2.22. The van der Waals surface area contributed by atoms with E-state index >= 15 is 0 Å². The molecule has 0 amide bonds. The van der Waals surface area contributed by atoms with Crippen LogP contribution in [0.25, 0.3) is 6.08 Å². The summed E-state index contributed by atoms with van der Waals surface area (Å²) in [7, 11) is -1.33. The monoisotopic (exact) mass is 365 g/mol. The van der Waals surface area contributed by atoms with Crippen molar-refractivity contribution < 1.29 is 0 Å². The Morgan fingerprint density at radius 2 is 1.65 bits per heavy atom. The fourth-order valence-corrected chi connectivity index (χ4v) is 2.96. The van der Waals surface area contributed by atoms with Crippen LogP contribution in [0.2, 0.25) is 19.6 Å². The molecule has 1 heterocycles. The molecule has 140 valence electrons. The normalized spacial score (nSPS) is 10.9. The zero-order chi connectivity index (χ0) is 19.1. The second-order valence-electron chi connectivity index (χ2n) is 7.85. The van der Waals surface area contributed by atoms with Crippen LogP contribution in [-0.4, -0.2) is 13.1 Å². The highest BCUT2D eigenvalue weighted by Crippen LogP contribution is 2.09. The van der Waals surface area contributed by atoms with E-state index in [4.69, 9.17) is 0 Å². The van der Waals surface area contributed by atoms with Gasteiger partial charge in [0.1, 0.15) is 8.07 Å². The first-order chi connectivity index (χ1) is 12.5. The topological polar surface area (TPSA) is 12.9 Å². The summed E-state index contributed by atoms with van der Waals surface area (Å²) in [6, 6.07) is 4.04. The standard InChI is InChI=1S/C24H35NSi/c1-5-6-7-8-9-10-11-12-13-14-15-16-17-24-19-18-23(22-25-24)20-21-26(2,3)4/h16-19,22H,5-13H2,1-4H3. The van der Waals surface area contributed by atoms with Crippen LogP contribution in [0, 0.1) is 23.3 Å². The minimum absolute atomic E-state index is 0.935. The third-order valence-corrected chi connectivity index (χ3v) is 4.84. The van der Waals surface area contributed by atoms with Gasteiger partial charge in [0.25, 0.3) is 0 Å². The molecule has 0 aromatic carbocycles. The first-order valence-corrected chi connectivity index (χ1v) is 13.7. The summed E-state index contributed by atoms with van der Waals surface area (Å²) in [5.74, 6) is 9.58. The van der Waals surface area contributed by atoms with Crippen LogP contribution in [0.4, 0.5) is 0 Å². The van der Waals surface area contributed by atoms with Crippen LogP contribution in [-0.2, 0) is 0 Å². The Bertz CT molecular complexity index is 642. The highest BCUT2D eigenvalue weighted by Gasteiger charge is 2.07. The molecule has 0 aliphatic rings. The van der Waals surface area contributed by atoms with Crippen LogP contribution in [0.3, 0.4) is 0 Å². The van der Waals surface area contributed by atoms with Gasteiger partial charge in [-0.15, -0.1) is 5.54 Å². The molecule has 0 aliphatic heterocycles. The van der Waals surface area contributed by atoms with Crippen molar-refractivity contribution in [2.45, 2.75) is 84.4 Å². The zero-order valence-electron chi connectivity index (χ0n) is 17.2. The van der Waals surface area contributed by atoms with Gasteiger partial charge < -0.3 is 0 Å². The Morgan fingerprint density at radius 1 is 0.962 bits per heavy atom. The summed E-state index contributed by atoms with van der Waals surface area (Å²) in [5, 5.41) is 0. The van der Waals surface area contributed by atoms with E-state index in [1.807, 2.05) is 30.5 Å². The van der Waals surface area contributed by atoms with Crippen LogP contribution >= 0.6 is 0 Å². The molecule has 0 unspecified atom stereocenters. The zero-order valence-corrected chi connectivity index (χ0v) is 18.2. The average Bonchev–Trinajstić information content (AvgIpc) is 2.61. The van der Waals surface area contributed by atoms with Gasteiger partial charge in [-0.2, -0.15) is 0 Å². The molecule has 0 saturated heterocycles. The number of rotatable bonds is 9. The van der Waals surface area contributed by atoms with E-state index in [1.54, 1.807) is 0 Å². The van der Waals surface area contributed by atoms with Gasteiger partial charge in [0, 0.05) is 18.2 Å². The van der Waals surface area contributed by atoms with E-state index in [-0.39, 0.29) is 0 Å². The van der Waals surface area contributed by atoms with Gasteiger partial charge in [-0.1, -0.05) is 89.3 Å². The molecule has 1 rings (SSSR count). The number of nitrogens with zero attached hydrogens (tertiary/aromatic N) is 1. The van der Waals surface area contributed by atoms with Gasteiger partial charge in [-0.25, -0.2) is 0 Å². The fourth-order valence-electron chi connectivity index (χ4n) is 2.44. The fraction of sp³-hybridized carbons (Fsp3) is 0.542. The molecule has 1 nitrogen and oxygen atoms in total. The maximum Gasteiger partial charge on any atom is 0.129 e. The van der Waals surface area contributed by atoms with Crippen molar-refractivity contribution in [3.05, 3.63) is 35.7 Å². The number of allylic oxidation sites excluding steroid dienone is 1. The summed E-state index contributed by atoms with van der Waals surface area (Å²) in [4.78, 5) is 4.43. The van der Waals surface area contributed by atoms with Crippen molar-refractivity contribution in [3.63, 3.8) is 0 Å². The Labute approximate surface area is 162 Å². The van der Waals surface area contributed by atoms with E-state index in [0.29, 0.717) is 0 Å². The number of hydrogen-bond donors (Lipinski definition) is 0. The molecule has 0 atom stereocenters. The smallest absolute Gasteiger partial charge is 0.129 e. The molecule has 0 aliphatic carbocycles. The summed E-state index contributed by atoms with van der Waals surface area (Å²) >= 11 is 0. The molecule has 0 bridgehead atoms. The lowest BCUT2D eigenvalue weighted by Crippen LogP contribution is -2.16. The van der Waals surface area contributed by atoms with Crippen LogP contribution in [0.5, 0.6) is 0 Å². The number of pyridine rings is 1. The van der Waals surface area contributed by atoms with Crippen molar-refractivity contribution in [1.29, 1.82) is 0 Å². The first kappa shape index (κ1) is 22.3. The molecule has 0 N–H and O–H groups in total. The predicted octanol–water partition coefficient (Wildman–Crippen LogP) is 6.86. The summed E-state index contributed by atoms with van der Waals surface area (Å²) in [5.41, 5.74) is 5.29. The third-order valence-electron chi connectivity index (χ3n) is 3.96. The van der Waals surface area contributed by atoms with E-state index in [0.717, 1.165) is 17.7 Å². The van der Waals surface area contributed by atoms with Gasteiger partial charge in [0.05, 0.1) is 5.69 Å². The highest BCUT2D eigenvalue weighted by atomic mass is 28.3. The molecule has 2 heteroatoms. The minimum Gasteiger partial charge on any atom is -0.256 e. The molecular weight excluding hydrogens is 330 g/mol. The van der Waals surface area contributed by atoms with Crippen LogP contribution < -0.4 is 0 Å². The lowest BCUT2D eigenvalue weighted by atomic mass is 10.1. The maximum atomic E-state index is 4.43. The third kappa shape index (κ3) is 12.6. The average molecular weight is 366 g/mol. The van der Waals surface area contributed by atoms with Gasteiger partial charge in [-0.3, -0.25) is 4.98 Å². The molecule has 0 fully saturated rings. The van der Waals surface area contributed by atoms with E-state index in [9.17, 15) is 0 Å². The number of hydrogen-bond acceptors (Lipinski definition) is 1.